The van der Waals surface area contributed by atoms with Gasteiger partial charge in [0.2, 0.25) is 5.91 Å². The van der Waals surface area contributed by atoms with Gasteiger partial charge in [-0.2, -0.15) is 0 Å². The molecule has 3 rings (SSSR count). The molecule has 108 valence electrons. The van der Waals surface area contributed by atoms with Crippen LogP contribution in [0.1, 0.15) is 19.8 Å². The summed E-state index contributed by atoms with van der Waals surface area (Å²) in [4.78, 5) is 12.3. The summed E-state index contributed by atoms with van der Waals surface area (Å²) in [7, 11) is 0. The van der Waals surface area contributed by atoms with E-state index in [1.165, 1.54) is 0 Å². The van der Waals surface area contributed by atoms with E-state index in [0.717, 1.165) is 30.8 Å². The van der Waals surface area contributed by atoms with Gasteiger partial charge in [-0.25, -0.2) is 0 Å². The maximum Gasteiger partial charge on any atom is 0.241 e. The van der Waals surface area contributed by atoms with Crippen molar-refractivity contribution in [3.05, 3.63) is 18.2 Å². The third-order valence-electron chi connectivity index (χ3n) is 3.86. The zero-order valence-electron chi connectivity index (χ0n) is 11.6. The minimum Gasteiger partial charge on any atom is -0.486 e. The number of carbonyl (C=O) groups is 1. The Hall–Kier alpha value is -1.75. The lowest BCUT2D eigenvalue weighted by molar-refractivity contribution is -0.119. The first-order valence-corrected chi connectivity index (χ1v) is 7.18. The van der Waals surface area contributed by atoms with Crippen LogP contribution in [0, 0.1) is 5.92 Å². The summed E-state index contributed by atoms with van der Waals surface area (Å²) >= 11 is 0. The molecule has 1 aromatic rings. The Kier molecular flexibility index (Phi) is 3.78. The van der Waals surface area contributed by atoms with Gasteiger partial charge in [-0.1, -0.05) is 6.92 Å². The van der Waals surface area contributed by atoms with E-state index in [1.807, 2.05) is 18.2 Å². The first kappa shape index (κ1) is 13.2. The van der Waals surface area contributed by atoms with E-state index in [-0.39, 0.29) is 11.9 Å². The number of amides is 1. The van der Waals surface area contributed by atoms with Gasteiger partial charge >= 0.3 is 0 Å². The molecule has 2 aliphatic heterocycles. The van der Waals surface area contributed by atoms with Crippen LogP contribution in [0.3, 0.4) is 0 Å². The number of fused-ring (bicyclic) bond motifs is 1. The highest BCUT2D eigenvalue weighted by molar-refractivity contribution is 5.95. The maximum absolute atomic E-state index is 12.3. The summed E-state index contributed by atoms with van der Waals surface area (Å²) < 4.78 is 11.0. The molecule has 2 N–H and O–H groups in total. The van der Waals surface area contributed by atoms with Crippen LogP contribution in [0.5, 0.6) is 11.5 Å². The SMILES string of the molecule is CC1CCCNC1C(=O)Nc1ccc2c(c1)OCCO2. The number of ether oxygens (including phenoxy) is 2. The summed E-state index contributed by atoms with van der Waals surface area (Å²) in [5.74, 6) is 1.81. The Balaban J connectivity index is 1.69. The average Bonchev–Trinajstić information content (AvgIpc) is 2.47. The van der Waals surface area contributed by atoms with E-state index < -0.39 is 0 Å². The molecule has 2 unspecified atom stereocenters. The fraction of sp³-hybridized carbons (Fsp3) is 0.533. The highest BCUT2D eigenvalue weighted by Crippen LogP contribution is 2.32. The van der Waals surface area contributed by atoms with E-state index in [4.69, 9.17) is 9.47 Å². The van der Waals surface area contributed by atoms with E-state index in [1.54, 1.807) is 0 Å². The number of nitrogens with one attached hydrogen (secondary N) is 2. The third-order valence-corrected chi connectivity index (χ3v) is 3.86. The lowest BCUT2D eigenvalue weighted by Gasteiger charge is -2.29. The van der Waals surface area contributed by atoms with Crippen molar-refractivity contribution in [1.29, 1.82) is 0 Å². The van der Waals surface area contributed by atoms with Gasteiger partial charge < -0.3 is 20.1 Å². The maximum atomic E-state index is 12.3. The van der Waals surface area contributed by atoms with Crippen molar-refractivity contribution in [1.82, 2.24) is 5.32 Å². The van der Waals surface area contributed by atoms with Gasteiger partial charge in [-0.15, -0.1) is 0 Å². The second kappa shape index (κ2) is 5.71. The second-order valence-corrected chi connectivity index (χ2v) is 5.40. The molecule has 1 saturated heterocycles. The molecule has 0 spiro atoms. The van der Waals surface area contributed by atoms with Gasteiger partial charge in [0.15, 0.2) is 11.5 Å². The molecule has 2 atom stereocenters. The predicted octanol–water partition coefficient (Wildman–Crippen LogP) is 1.78. The van der Waals surface area contributed by atoms with E-state index >= 15 is 0 Å². The molecule has 0 bridgehead atoms. The van der Waals surface area contributed by atoms with Gasteiger partial charge in [0.1, 0.15) is 13.2 Å². The highest BCUT2D eigenvalue weighted by atomic mass is 16.6. The van der Waals surface area contributed by atoms with Gasteiger partial charge in [-0.05, 0) is 37.4 Å². The molecule has 0 radical (unpaired) electrons. The fourth-order valence-electron chi connectivity index (χ4n) is 2.74. The van der Waals surface area contributed by atoms with Crippen molar-refractivity contribution in [2.75, 3.05) is 25.1 Å². The summed E-state index contributed by atoms with van der Waals surface area (Å²) in [5, 5.41) is 6.24. The van der Waals surface area contributed by atoms with E-state index in [2.05, 4.69) is 17.6 Å². The van der Waals surface area contributed by atoms with Crippen LogP contribution in [-0.4, -0.2) is 31.7 Å². The van der Waals surface area contributed by atoms with E-state index in [0.29, 0.717) is 24.9 Å². The van der Waals surface area contributed by atoms with Crippen LogP contribution < -0.4 is 20.1 Å². The quantitative estimate of drug-likeness (QED) is 0.864. The van der Waals surface area contributed by atoms with Gasteiger partial charge in [0.05, 0.1) is 6.04 Å². The van der Waals surface area contributed by atoms with Crippen molar-refractivity contribution >= 4 is 11.6 Å². The molecule has 0 saturated carbocycles. The third kappa shape index (κ3) is 2.72. The summed E-state index contributed by atoms with van der Waals surface area (Å²) in [6.07, 6.45) is 2.22. The second-order valence-electron chi connectivity index (χ2n) is 5.40. The van der Waals surface area contributed by atoms with Crippen LogP contribution in [0.2, 0.25) is 0 Å². The van der Waals surface area contributed by atoms with Crippen LogP contribution in [0.15, 0.2) is 18.2 Å². The summed E-state index contributed by atoms with van der Waals surface area (Å²) in [6, 6.07) is 5.39. The van der Waals surface area contributed by atoms with Crippen LogP contribution in [-0.2, 0) is 4.79 Å². The Bertz CT molecular complexity index is 504. The van der Waals surface area contributed by atoms with Crippen molar-refractivity contribution in [3.8, 4) is 11.5 Å². The smallest absolute Gasteiger partial charge is 0.241 e. The monoisotopic (exact) mass is 276 g/mol. The van der Waals surface area contributed by atoms with Crippen molar-refractivity contribution in [2.45, 2.75) is 25.8 Å². The standard InChI is InChI=1S/C15H20N2O3/c1-10-3-2-6-16-14(10)15(18)17-11-4-5-12-13(9-11)20-8-7-19-12/h4-5,9-10,14,16H,2-3,6-8H2,1H3,(H,17,18). The molecule has 5 heteroatoms. The molecular weight excluding hydrogens is 256 g/mol. The van der Waals surface area contributed by atoms with Crippen LogP contribution in [0.4, 0.5) is 5.69 Å². The Morgan fingerprint density at radius 1 is 1.30 bits per heavy atom. The minimum absolute atomic E-state index is 0.0221. The summed E-state index contributed by atoms with van der Waals surface area (Å²) in [6.45, 7) is 4.14. The molecule has 2 aliphatic rings. The predicted molar refractivity (Wildman–Crippen MR) is 76.3 cm³/mol. The first-order valence-electron chi connectivity index (χ1n) is 7.18. The molecule has 5 nitrogen and oxygen atoms in total. The number of rotatable bonds is 2. The molecule has 1 fully saturated rings. The molecule has 1 aromatic carbocycles. The topological polar surface area (TPSA) is 59.6 Å². The van der Waals surface area contributed by atoms with Gasteiger partial charge in [-0.3, -0.25) is 4.79 Å². The number of hydrogen-bond acceptors (Lipinski definition) is 4. The van der Waals surface area contributed by atoms with Crippen LogP contribution in [0.25, 0.3) is 0 Å². The largest absolute Gasteiger partial charge is 0.486 e. The first-order chi connectivity index (χ1) is 9.74. The summed E-state index contributed by atoms with van der Waals surface area (Å²) in [5.41, 5.74) is 0.749. The molecule has 0 aliphatic carbocycles. The molecule has 20 heavy (non-hydrogen) atoms. The number of hydrogen-bond donors (Lipinski definition) is 2. The van der Waals surface area contributed by atoms with Crippen molar-refractivity contribution in [3.63, 3.8) is 0 Å². The van der Waals surface area contributed by atoms with Crippen molar-refractivity contribution < 1.29 is 14.3 Å². The van der Waals surface area contributed by atoms with Crippen LogP contribution >= 0.6 is 0 Å². The zero-order chi connectivity index (χ0) is 13.9. The number of carbonyl (C=O) groups excluding carboxylic acids is 1. The van der Waals surface area contributed by atoms with Gasteiger partial charge in [0, 0.05) is 11.8 Å². The minimum atomic E-state index is -0.114. The number of piperidine rings is 1. The Morgan fingerprint density at radius 3 is 2.90 bits per heavy atom. The normalized spacial score (nSPS) is 25.1. The Morgan fingerprint density at radius 2 is 2.10 bits per heavy atom. The number of benzene rings is 1. The zero-order valence-corrected chi connectivity index (χ0v) is 11.6. The Labute approximate surface area is 118 Å². The molecule has 2 heterocycles. The average molecular weight is 276 g/mol. The molecule has 1 amide bonds. The molecule has 0 aromatic heterocycles. The lowest BCUT2D eigenvalue weighted by atomic mass is 9.92. The fourth-order valence-corrected chi connectivity index (χ4v) is 2.74. The highest BCUT2D eigenvalue weighted by Gasteiger charge is 2.27. The molecular formula is C15H20N2O3. The van der Waals surface area contributed by atoms with E-state index in [9.17, 15) is 4.79 Å². The van der Waals surface area contributed by atoms with Crippen molar-refractivity contribution in [2.24, 2.45) is 5.92 Å². The lowest BCUT2D eigenvalue weighted by Crippen LogP contribution is -2.48. The number of anilines is 1. The van der Waals surface area contributed by atoms with Gasteiger partial charge in [0.25, 0.3) is 0 Å².